The molecule has 1 heterocycles. The topological polar surface area (TPSA) is 75.4 Å². The van der Waals surface area contributed by atoms with E-state index in [1.54, 1.807) is 0 Å². The van der Waals surface area contributed by atoms with Crippen molar-refractivity contribution in [2.75, 3.05) is 13.1 Å². The van der Waals surface area contributed by atoms with Gasteiger partial charge in [0.15, 0.2) is 0 Å². The number of piperidine rings is 1. The summed E-state index contributed by atoms with van der Waals surface area (Å²) in [5.41, 5.74) is 6.97. The minimum Gasteiger partial charge on any atom is -0.344 e. The van der Waals surface area contributed by atoms with Gasteiger partial charge in [-0.2, -0.15) is 0 Å². The molecule has 5 nitrogen and oxygen atoms in total. The van der Waals surface area contributed by atoms with Crippen molar-refractivity contribution < 1.29 is 9.59 Å². The first kappa shape index (κ1) is 19.4. The Morgan fingerprint density at radius 1 is 1.24 bits per heavy atom. The Morgan fingerprint density at radius 3 is 2.52 bits per heavy atom. The number of nitrogens with one attached hydrogen (secondary N) is 1. The summed E-state index contributed by atoms with van der Waals surface area (Å²) < 4.78 is 0. The van der Waals surface area contributed by atoms with Gasteiger partial charge in [0.25, 0.3) is 0 Å². The third-order valence-corrected chi connectivity index (χ3v) is 4.97. The van der Waals surface area contributed by atoms with Crippen LogP contribution >= 0.6 is 0 Å². The molecule has 1 aliphatic heterocycles. The summed E-state index contributed by atoms with van der Waals surface area (Å²) in [5.74, 6) is 0.286. The van der Waals surface area contributed by atoms with E-state index in [1.165, 1.54) is 0 Å². The molecule has 1 aromatic rings. The molecule has 0 aromatic heterocycles. The van der Waals surface area contributed by atoms with Gasteiger partial charge >= 0.3 is 0 Å². The number of benzene rings is 1. The number of nitrogens with zero attached hydrogens (tertiary/aromatic N) is 1. The van der Waals surface area contributed by atoms with Crippen molar-refractivity contribution in [1.29, 1.82) is 0 Å². The number of amides is 2. The molecule has 138 valence electrons. The van der Waals surface area contributed by atoms with Crippen LogP contribution in [0.4, 0.5) is 0 Å². The molecule has 0 saturated carbocycles. The summed E-state index contributed by atoms with van der Waals surface area (Å²) in [6.07, 6.45) is 2.33. The van der Waals surface area contributed by atoms with E-state index in [0.29, 0.717) is 18.9 Å². The smallest absolute Gasteiger partial charge is 0.245 e. The molecule has 25 heavy (non-hydrogen) atoms. The molecule has 2 rings (SSSR count). The molecule has 0 aliphatic carbocycles. The molecule has 3 atom stereocenters. The molecule has 3 unspecified atom stereocenters. The average molecular weight is 345 g/mol. The van der Waals surface area contributed by atoms with Gasteiger partial charge in [-0.25, -0.2) is 0 Å². The molecule has 3 N–H and O–H groups in total. The number of likely N-dealkylation sites (tertiary alicyclic amines) is 1. The lowest BCUT2D eigenvalue weighted by atomic mass is 9.91. The fourth-order valence-electron chi connectivity index (χ4n) is 3.36. The van der Waals surface area contributed by atoms with Gasteiger partial charge in [0.05, 0.1) is 6.42 Å². The van der Waals surface area contributed by atoms with E-state index in [0.717, 1.165) is 24.9 Å². The molecule has 0 spiro atoms. The van der Waals surface area contributed by atoms with E-state index in [9.17, 15) is 9.59 Å². The summed E-state index contributed by atoms with van der Waals surface area (Å²) in [6, 6.07) is 9.19. The van der Waals surface area contributed by atoms with Gasteiger partial charge in [-0.3, -0.25) is 9.59 Å². The number of hydrogen-bond donors (Lipinski definition) is 2. The predicted octanol–water partition coefficient (Wildman–Crippen LogP) is 1.96. The molecule has 1 saturated heterocycles. The van der Waals surface area contributed by atoms with E-state index in [4.69, 9.17) is 5.73 Å². The number of carbonyl (C=O) groups excluding carboxylic acids is 2. The zero-order valence-electron chi connectivity index (χ0n) is 15.6. The van der Waals surface area contributed by atoms with Crippen LogP contribution in [0.15, 0.2) is 30.3 Å². The second-order valence-electron chi connectivity index (χ2n) is 7.50. The lowest BCUT2D eigenvalue weighted by molar-refractivity contribution is -0.139. The maximum atomic E-state index is 13.0. The van der Waals surface area contributed by atoms with Crippen molar-refractivity contribution in [2.45, 2.75) is 52.1 Å². The van der Waals surface area contributed by atoms with Crippen LogP contribution < -0.4 is 11.1 Å². The summed E-state index contributed by atoms with van der Waals surface area (Å²) in [7, 11) is 0. The van der Waals surface area contributed by atoms with Crippen molar-refractivity contribution >= 4 is 11.8 Å². The highest BCUT2D eigenvalue weighted by molar-refractivity contribution is 5.88. The van der Waals surface area contributed by atoms with Crippen LogP contribution in [0, 0.1) is 11.8 Å². The van der Waals surface area contributed by atoms with Crippen LogP contribution in [0.25, 0.3) is 0 Å². The number of hydrogen-bond acceptors (Lipinski definition) is 3. The van der Waals surface area contributed by atoms with Crippen LogP contribution in [0.5, 0.6) is 0 Å². The fraction of sp³-hybridized carbons (Fsp3) is 0.600. The molecule has 0 bridgehead atoms. The largest absolute Gasteiger partial charge is 0.344 e. The summed E-state index contributed by atoms with van der Waals surface area (Å²) in [5, 5.41) is 2.94. The van der Waals surface area contributed by atoms with Crippen LogP contribution in [0.2, 0.25) is 0 Å². The van der Waals surface area contributed by atoms with Gasteiger partial charge in [-0.15, -0.1) is 0 Å². The van der Waals surface area contributed by atoms with Gasteiger partial charge in [-0.05, 0) is 37.2 Å². The highest BCUT2D eigenvalue weighted by Crippen LogP contribution is 2.20. The van der Waals surface area contributed by atoms with Crippen LogP contribution in [-0.4, -0.2) is 41.9 Å². The minimum atomic E-state index is -0.483. The highest BCUT2D eigenvalue weighted by atomic mass is 16.2. The van der Waals surface area contributed by atoms with Crippen molar-refractivity contribution in [3.8, 4) is 0 Å². The van der Waals surface area contributed by atoms with Crippen LogP contribution in [-0.2, 0) is 16.0 Å². The van der Waals surface area contributed by atoms with E-state index in [2.05, 4.69) is 5.32 Å². The predicted molar refractivity (Wildman–Crippen MR) is 99.9 cm³/mol. The Labute approximate surface area is 151 Å². The highest BCUT2D eigenvalue weighted by Gasteiger charge is 2.32. The maximum Gasteiger partial charge on any atom is 0.245 e. The van der Waals surface area contributed by atoms with E-state index >= 15 is 0 Å². The normalized spacial score (nSPS) is 20.2. The molecular formula is C20H31N3O2. The van der Waals surface area contributed by atoms with Gasteiger partial charge in [0.1, 0.15) is 6.04 Å². The fourth-order valence-corrected chi connectivity index (χ4v) is 3.36. The second-order valence-corrected chi connectivity index (χ2v) is 7.50. The van der Waals surface area contributed by atoms with E-state index in [-0.39, 0.29) is 23.8 Å². The van der Waals surface area contributed by atoms with Gasteiger partial charge in [0.2, 0.25) is 11.8 Å². The quantitative estimate of drug-likeness (QED) is 0.827. The Hall–Kier alpha value is -1.88. The third kappa shape index (κ3) is 5.56. The minimum absolute atomic E-state index is 0.0155. The van der Waals surface area contributed by atoms with Gasteiger partial charge in [0, 0.05) is 19.1 Å². The molecule has 5 heteroatoms. The van der Waals surface area contributed by atoms with Crippen molar-refractivity contribution in [1.82, 2.24) is 10.2 Å². The first-order valence-corrected chi connectivity index (χ1v) is 9.26. The standard InChI is InChI=1S/C20H31N3O2/c1-14(2)19(22-18(24)12-16-8-5-4-6-9-16)20(25)23-11-7-10-17(13-23)15(3)21/h4-6,8-9,14-15,17,19H,7,10-13,21H2,1-3H3,(H,22,24). The van der Waals surface area contributed by atoms with Crippen LogP contribution in [0.1, 0.15) is 39.2 Å². The zero-order chi connectivity index (χ0) is 18.4. The SMILES string of the molecule is CC(C)C(NC(=O)Cc1ccccc1)C(=O)N1CCCC(C(C)N)C1. The lowest BCUT2D eigenvalue weighted by Crippen LogP contribution is -2.54. The molecule has 0 radical (unpaired) electrons. The average Bonchev–Trinajstić information content (AvgIpc) is 2.60. The summed E-state index contributed by atoms with van der Waals surface area (Å²) in [4.78, 5) is 27.2. The Kier molecular flexibility index (Phi) is 7.00. The number of rotatable bonds is 6. The molecule has 2 amide bonds. The van der Waals surface area contributed by atoms with Crippen LogP contribution in [0.3, 0.4) is 0 Å². The van der Waals surface area contributed by atoms with Crippen molar-refractivity contribution in [3.05, 3.63) is 35.9 Å². The molecule has 1 fully saturated rings. The summed E-state index contributed by atoms with van der Waals surface area (Å²) >= 11 is 0. The Bertz CT molecular complexity index is 572. The zero-order valence-corrected chi connectivity index (χ0v) is 15.6. The Morgan fingerprint density at radius 2 is 1.92 bits per heavy atom. The molecular weight excluding hydrogens is 314 g/mol. The first-order valence-electron chi connectivity index (χ1n) is 9.26. The molecule has 1 aliphatic rings. The lowest BCUT2D eigenvalue weighted by Gasteiger charge is -2.37. The first-order chi connectivity index (χ1) is 11.9. The Balaban J connectivity index is 1.99. The van der Waals surface area contributed by atoms with E-state index < -0.39 is 6.04 Å². The summed E-state index contributed by atoms with van der Waals surface area (Å²) in [6.45, 7) is 7.38. The van der Waals surface area contributed by atoms with Gasteiger partial charge in [-0.1, -0.05) is 44.2 Å². The third-order valence-electron chi connectivity index (χ3n) is 4.97. The molecule has 1 aromatic carbocycles. The maximum absolute atomic E-state index is 13.0. The number of nitrogens with two attached hydrogens (primary N) is 1. The van der Waals surface area contributed by atoms with Gasteiger partial charge < -0.3 is 16.0 Å². The van der Waals surface area contributed by atoms with E-state index in [1.807, 2.05) is 56.0 Å². The number of carbonyl (C=O) groups is 2. The van der Waals surface area contributed by atoms with Crippen molar-refractivity contribution in [2.24, 2.45) is 17.6 Å². The second kappa shape index (κ2) is 8.99. The monoisotopic (exact) mass is 345 g/mol. The van der Waals surface area contributed by atoms with Crippen molar-refractivity contribution in [3.63, 3.8) is 0 Å².